The molecule has 0 saturated carbocycles. The molecule has 0 bridgehead atoms. The van der Waals surface area contributed by atoms with Crippen molar-refractivity contribution in [2.75, 3.05) is 37.0 Å². The Labute approximate surface area is 173 Å². The zero-order chi connectivity index (χ0) is 20.1. The lowest BCUT2D eigenvalue weighted by atomic mass is 10.1. The predicted octanol–water partition coefficient (Wildman–Crippen LogP) is 3.42. The van der Waals surface area contributed by atoms with E-state index in [0.29, 0.717) is 30.3 Å². The summed E-state index contributed by atoms with van der Waals surface area (Å²) in [6.45, 7) is 2.98. The highest BCUT2D eigenvalue weighted by Gasteiger charge is 2.19. The minimum Gasteiger partial charge on any atom is -0.457 e. The number of anilines is 1. The third-order valence-electron chi connectivity index (χ3n) is 4.59. The van der Waals surface area contributed by atoms with Crippen molar-refractivity contribution in [2.45, 2.75) is 5.16 Å². The Morgan fingerprint density at radius 1 is 1.03 bits per heavy atom. The largest absolute Gasteiger partial charge is 0.457 e. The summed E-state index contributed by atoms with van der Waals surface area (Å²) in [5, 5.41) is 9.24. The number of aromatic nitrogens is 3. The van der Waals surface area contributed by atoms with Gasteiger partial charge in [0.2, 0.25) is 5.95 Å². The van der Waals surface area contributed by atoms with Crippen LogP contribution in [0.25, 0.3) is 0 Å². The van der Waals surface area contributed by atoms with Gasteiger partial charge in [0, 0.05) is 25.7 Å². The van der Waals surface area contributed by atoms with Crippen molar-refractivity contribution >= 4 is 23.5 Å². The first-order chi connectivity index (χ1) is 14.2. The molecule has 1 aliphatic heterocycles. The van der Waals surface area contributed by atoms with Gasteiger partial charge in [0.15, 0.2) is 10.9 Å². The molecule has 2 aromatic carbocycles. The molecule has 0 unspecified atom stereocenters. The number of nitrogens with zero attached hydrogens (tertiary/aromatic N) is 4. The number of hydrogen-bond donors (Lipinski definition) is 0. The SMILES string of the molecule is Cn1c(SCC(=O)c2ccc(Oc3ccccc3)cc2)nnc1N1CCOCC1. The van der Waals surface area contributed by atoms with Gasteiger partial charge in [-0.2, -0.15) is 0 Å². The molecular formula is C21H22N4O3S. The first-order valence-corrected chi connectivity index (χ1v) is 10.4. The predicted molar refractivity (Wildman–Crippen MR) is 112 cm³/mol. The van der Waals surface area contributed by atoms with Gasteiger partial charge in [-0.25, -0.2) is 0 Å². The van der Waals surface area contributed by atoms with Crippen LogP contribution >= 0.6 is 11.8 Å². The summed E-state index contributed by atoms with van der Waals surface area (Å²) in [6, 6.07) is 16.8. The van der Waals surface area contributed by atoms with E-state index in [1.54, 1.807) is 12.1 Å². The Balaban J connectivity index is 1.34. The fourth-order valence-corrected chi connectivity index (χ4v) is 3.82. The van der Waals surface area contributed by atoms with Gasteiger partial charge in [0.05, 0.1) is 19.0 Å². The van der Waals surface area contributed by atoms with E-state index in [2.05, 4.69) is 15.1 Å². The van der Waals surface area contributed by atoms with Gasteiger partial charge in [-0.05, 0) is 36.4 Å². The number of ether oxygens (including phenoxy) is 2. The van der Waals surface area contributed by atoms with Gasteiger partial charge in [-0.15, -0.1) is 10.2 Å². The van der Waals surface area contributed by atoms with Gasteiger partial charge in [-0.3, -0.25) is 9.36 Å². The second-order valence-corrected chi connectivity index (χ2v) is 7.53. The summed E-state index contributed by atoms with van der Waals surface area (Å²) < 4.78 is 13.1. The van der Waals surface area contributed by atoms with Crippen LogP contribution in [-0.2, 0) is 11.8 Å². The lowest BCUT2D eigenvalue weighted by Gasteiger charge is -2.27. The number of hydrogen-bond acceptors (Lipinski definition) is 7. The van der Waals surface area contributed by atoms with Crippen LogP contribution in [0.5, 0.6) is 11.5 Å². The molecule has 0 amide bonds. The van der Waals surface area contributed by atoms with Crippen molar-refractivity contribution in [3.8, 4) is 11.5 Å². The average Bonchev–Trinajstić information content (AvgIpc) is 3.14. The van der Waals surface area contributed by atoms with Crippen LogP contribution in [0.15, 0.2) is 59.8 Å². The highest BCUT2D eigenvalue weighted by molar-refractivity contribution is 7.99. The van der Waals surface area contributed by atoms with E-state index in [9.17, 15) is 4.79 Å². The average molecular weight is 410 g/mol. The fraction of sp³-hybridized carbons (Fsp3) is 0.286. The summed E-state index contributed by atoms with van der Waals surface area (Å²) in [5.74, 6) is 2.61. The summed E-state index contributed by atoms with van der Waals surface area (Å²) in [5.41, 5.74) is 0.647. The molecule has 1 fully saturated rings. The molecule has 1 saturated heterocycles. The highest BCUT2D eigenvalue weighted by Crippen LogP contribution is 2.24. The van der Waals surface area contributed by atoms with Crippen molar-refractivity contribution in [1.29, 1.82) is 0 Å². The highest BCUT2D eigenvalue weighted by atomic mass is 32.2. The molecule has 7 nitrogen and oxygen atoms in total. The molecule has 8 heteroatoms. The molecular weight excluding hydrogens is 388 g/mol. The lowest BCUT2D eigenvalue weighted by molar-refractivity contribution is 0.102. The maximum absolute atomic E-state index is 12.6. The first-order valence-electron chi connectivity index (χ1n) is 9.42. The number of rotatable bonds is 7. The van der Waals surface area contributed by atoms with Crippen LogP contribution < -0.4 is 9.64 Å². The van der Waals surface area contributed by atoms with Crippen LogP contribution in [0.4, 0.5) is 5.95 Å². The summed E-state index contributed by atoms with van der Waals surface area (Å²) in [6.07, 6.45) is 0. The lowest BCUT2D eigenvalue weighted by Crippen LogP contribution is -2.37. The maximum atomic E-state index is 12.6. The minimum atomic E-state index is 0.0391. The maximum Gasteiger partial charge on any atom is 0.227 e. The quantitative estimate of drug-likeness (QED) is 0.437. The first kappa shape index (κ1) is 19.5. The number of carbonyl (C=O) groups is 1. The van der Waals surface area contributed by atoms with E-state index in [-0.39, 0.29) is 5.78 Å². The Kier molecular flexibility index (Phi) is 6.12. The smallest absolute Gasteiger partial charge is 0.227 e. The van der Waals surface area contributed by atoms with Gasteiger partial charge in [0.25, 0.3) is 0 Å². The van der Waals surface area contributed by atoms with E-state index >= 15 is 0 Å². The molecule has 0 atom stereocenters. The molecule has 29 heavy (non-hydrogen) atoms. The number of ketones is 1. The molecule has 4 rings (SSSR count). The Hall–Kier alpha value is -2.84. The van der Waals surface area contributed by atoms with Crippen molar-refractivity contribution in [1.82, 2.24) is 14.8 Å². The standard InChI is InChI=1S/C21H22N4O3S/c1-24-20(25-11-13-27-14-12-25)22-23-21(24)29-15-19(26)16-7-9-18(10-8-16)28-17-5-3-2-4-6-17/h2-10H,11-15H2,1H3. The van der Waals surface area contributed by atoms with E-state index in [1.807, 2.05) is 54.1 Å². The second-order valence-electron chi connectivity index (χ2n) is 6.59. The van der Waals surface area contributed by atoms with Crippen LogP contribution in [0.2, 0.25) is 0 Å². The van der Waals surface area contributed by atoms with Crippen molar-refractivity contribution in [3.05, 3.63) is 60.2 Å². The van der Waals surface area contributed by atoms with Crippen molar-refractivity contribution in [2.24, 2.45) is 7.05 Å². The number of para-hydroxylation sites is 1. The number of carbonyl (C=O) groups excluding carboxylic acids is 1. The molecule has 0 N–H and O–H groups in total. The molecule has 1 aliphatic rings. The third kappa shape index (κ3) is 4.78. The van der Waals surface area contributed by atoms with Crippen molar-refractivity contribution in [3.63, 3.8) is 0 Å². The van der Waals surface area contributed by atoms with Gasteiger partial charge >= 0.3 is 0 Å². The van der Waals surface area contributed by atoms with Crippen LogP contribution in [-0.4, -0.2) is 52.6 Å². The summed E-state index contributed by atoms with van der Waals surface area (Å²) in [4.78, 5) is 14.7. The van der Waals surface area contributed by atoms with E-state index < -0.39 is 0 Å². The van der Waals surface area contributed by atoms with Crippen LogP contribution in [0, 0.1) is 0 Å². The monoisotopic (exact) mass is 410 g/mol. The molecule has 2 heterocycles. The third-order valence-corrected chi connectivity index (χ3v) is 5.61. The minimum absolute atomic E-state index is 0.0391. The molecule has 150 valence electrons. The number of morpholine rings is 1. The molecule has 0 aliphatic carbocycles. The normalized spacial score (nSPS) is 14.0. The number of Topliss-reactive ketones (excluding diaryl/α,β-unsaturated/α-hetero) is 1. The second kappa shape index (κ2) is 9.11. The molecule has 0 radical (unpaired) electrons. The topological polar surface area (TPSA) is 69.5 Å². The van der Waals surface area contributed by atoms with Gasteiger partial charge in [0.1, 0.15) is 11.5 Å². The zero-order valence-electron chi connectivity index (χ0n) is 16.2. The number of benzene rings is 2. The van der Waals surface area contributed by atoms with E-state index in [1.165, 1.54) is 11.8 Å². The van der Waals surface area contributed by atoms with Crippen LogP contribution in [0.1, 0.15) is 10.4 Å². The molecule has 3 aromatic rings. The Morgan fingerprint density at radius 3 is 2.45 bits per heavy atom. The summed E-state index contributed by atoms with van der Waals surface area (Å²) >= 11 is 1.39. The fourth-order valence-electron chi connectivity index (χ4n) is 3.02. The summed E-state index contributed by atoms with van der Waals surface area (Å²) in [7, 11) is 1.92. The Bertz CT molecular complexity index is 954. The zero-order valence-corrected chi connectivity index (χ0v) is 17.0. The molecule has 1 aromatic heterocycles. The molecule has 0 spiro atoms. The van der Waals surface area contributed by atoms with Gasteiger partial charge in [-0.1, -0.05) is 30.0 Å². The van der Waals surface area contributed by atoms with Crippen LogP contribution in [0.3, 0.4) is 0 Å². The van der Waals surface area contributed by atoms with E-state index in [0.717, 1.165) is 29.9 Å². The van der Waals surface area contributed by atoms with E-state index in [4.69, 9.17) is 9.47 Å². The van der Waals surface area contributed by atoms with Crippen molar-refractivity contribution < 1.29 is 14.3 Å². The van der Waals surface area contributed by atoms with Gasteiger partial charge < -0.3 is 14.4 Å². The number of thioether (sulfide) groups is 1. The Morgan fingerprint density at radius 2 is 1.72 bits per heavy atom.